The van der Waals surface area contributed by atoms with E-state index in [1.54, 1.807) is 13.0 Å². The van der Waals surface area contributed by atoms with Crippen molar-refractivity contribution in [1.29, 1.82) is 0 Å². The molecular weight excluding hydrogens is 340 g/mol. The molecule has 0 fully saturated rings. The van der Waals surface area contributed by atoms with Gasteiger partial charge in [0.2, 0.25) is 5.88 Å². The van der Waals surface area contributed by atoms with Crippen molar-refractivity contribution in [3.05, 3.63) is 46.1 Å². The molecule has 2 aromatic rings. The van der Waals surface area contributed by atoms with Crippen molar-refractivity contribution in [2.45, 2.75) is 60.4 Å². The van der Waals surface area contributed by atoms with Crippen LogP contribution in [0, 0.1) is 27.7 Å². The zero-order chi connectivity index (χ0) is 20.1. The van der Waals surface area contributed by atoms with Crippen molar-refractivity contribution in [3.63, 3.8) is 0 Å². The summed E-state index contributed by atoms with van der Waals surface area (Å²) in [4.78, 5) is 16.8. The molecule has 0 saturated heterocycles. The summed E-state index contributed by atoms with van der Waals surface area (Å²) in [5.41, 5.74) is 5.03. The second-order valence-corrected chi connectivity index (χ2v) is 6.95. The molecule has 1 aromatic heterocycles. The van der Waals surface area contributed by atoms with E-state index in [0.29, 0.717) is 22.8 Å². The summed E-state index contributed by atoms with van der Waals surface area (Å²) in [7, 11) is 1.38. The Morgan fingerprint density at radius 3 is 2.19 bits per heavy atom. The van der Waals surface area contributed by atoms with Crippen LogP contribution in [0.4, 0.5) is 5.69 Å². The Labute approximate surface area is 162 Å². The maximum Gasteiger partial charge on any atom is 0.341 e. The molecule has 5 nitrogen and oxygen atoms in total. The summed E-state index contributed by atoms with van der Waals surface area (Å²) in [5.74, 6) is 0.859. The second-order valence-electron chi connectivity index (χ2n) is 6.95. The first-order valence-electron chi connectivity index (χ1n) is 9.42. The fourth-order valence-corrected chi connectivity index (χ4v) is 3.31. The van der Waals surface area contributed by atoms with Crippen molar-refractivity contribution in [2.24, 2.45) is 0 Å². The molecule has 0 aliphatic heterocycles. The van der Waals surface area contributed by atoms with Crippen molar-refractivity contribution < 1.29 is 14.3 Å². The summed E-state index contributed by atoms with van der Waals surface area (Å²) in [6, 6.07) is 6.21. The van der Waals surface area contributed by atoms with Gasteiger partial charge in [-0.1, -0.05) is 31.5 Å². The van der Waals surface area contributed by atoms with Gasteiger partial charge in [-0.25, -0.2) is 9.78 Å². The van der Waals surface area contributed by atoms with Crippen LogP contribution in [-0.4, -0.2) is 24.1 Å². The number of rotatable bonds is 7. The van der Waals surface area contributed by atoms with E-state index >= 15 is 0 Å². The minimum Gasteiger partial charge on any atom is -0.465 e. The van der Waals surface area contributed by atoms with Gasteiger partial charge in [-0.05, 0) is 51.7 Å². The van der Waals surface area contributed by atoms with E-state index in [2.05, 4.69) is 43.2 Å². The van der Waals surface area contributed by atoms with Gasteiger partial charge < -0.3 is 14.8 Å². The normalized spacial score (nSPS) is 10.8. The van der Waals surface area contributed by atoms with Gasteiger partial charge >= 0.3 is 5.97 Å². The Kier molecular flexibility index (Phi) is 6.83. The van der Waals surface area contributed by atoms with E-state index in [1.165, 1.54) is 12.7 Å². The Bertz CT molecular complexity index is 804. The number of benzene rings is 1. The van der Waals surface area contributed by atoms with Crippen LogP contribution in [0.5, 0.6) is 11.6 Å². The number of carbonyl (C=O) groups excluding carboxylic acids is 1. The molecule has 0 aliphatic rings. The smallest absolute Gasteiger partial charge is 0.341 e. The summed E-state index contributed by atoms with van der Waals surface area (Å²) >= 11 is 0. The van der Waals surface area contributed by atoms with Gasteiger partial charge in [-0.15, -0.1) is 0 Å². The standard InChI is InChI=1S/C22H30N2O3/c1-8-17(9-2)24-18-12-19(23-16(6)20(18)22(25)26-7)27-21-14(4)10-13(3)11-15(21)5/h10-12,17H,8-9H2,1-7H3,(H,23,24). The maximum atomic E-state index is 12.3. The van der Waals surface area contributed by atoms with Crippen molar-refractivity contribution >= 4 is 11.7 Å². The molecule has 1 aromatic carbocycles. The third-order valence-electron chi connectivity index (χ3n) is 4.72. The lowest BCUT2D eigenvalue weighted by Crippen LogP contribution is -2.20. The number of anilines is 1. The number of nitrogens with one attached hydrogen (secondary N) is 1. The first-order valence-corrected chi connectivity index (χ1v) is 9.42. The molecular formula is C22H30N2O3. The monoisotopic (exact) mass is 370 g/mol. The number of aromatic nitrogens is 1. The Balaban J connectivity index is 2.50. The van der Waals surface area contributed by atoms with Gasteiger partial charge in [0.1, 0.15) is 11.3 Å². The molecule has 0 amide bonds. The van der Waals surface area contributed by atoms with Crippen LogP contribution < -0.4 is 10.1 Å². The third-order valence-corrected chi connectivity index (χ3v) is 4.72. The fraction of sp³-hybridized carbons (Fsp3) is 0.455. The van der Waals surface area contributed by atoms with Crippen LogP contribution in [0.3, 0.4) is 0 Å². The molecule has 0 atom stereocenters. The van der Waals surface area contributed by atoms with E-state index < -0.39 is 5.97 Å². The van der Waals surface area contributed by atoms with Crippen LogP contribution >= 0.6 is 0 Å². The van der Waals surface area contributed by atoms with Crippen molar-refractivity contribution in [2.75, 3.05) is 12.4 Å². The van der Waals surface area contributed by atoms with E-state index in [1.807, 2.05) is 13.8 Å². The quantitative estimate of drug-likeness (QED) is 0.653. The summed E-state index contributed by atoms with van der Waals surface area (Å²) in [5, 5.41) is 3.45. The van der Waals surface area contributed by atoms with Crippen LogP contribution in [0.25, 0.3) is 0 Å². The van der Waals surface area contributed by atoms with E-state index in [4.69, 9.17) is 9.47 Å². The Morgan fingerprint density at radius 2 is 1.67 bits per heavy atom. The number of hydrogen-bond donors (Lipinski definition) is 1. The minimum atomic E-state index is -0.400. The molecule has 0 radical (unpaired) electrons. The number of methoxy groups -OCH3 is 1. The first-order chi connectivity index (χ1) is 12.8. The highest BCUT2D eigenvalue weighted by molar-refractivity contribution is 5.97. The Morgan fingerprint density at radius 1 is 1.07 bits per heavy atom. The zero-order valence-electron chi connectivity index (χ0n) is 17.4. The van der Waals surface area contributed by atoms with Gasteiger partial charge in [-0.2, -0.15) is 0 Å². The molecule has 0 aliphatic carbocycles. The van der Waals surface area contributed by atoms with E-state index in [9.17, 15) is 4.79 Å². The van der Waals surface area contributed by atoms with Crippen LogP contribution in [0.15, 0.2) is 18.2 Å². The molecule has 27 heavy (non-hydrogen) atoms. The lowest BCUT2D eigenvalue weighted by molar-refractivity contribution is 0.0600. The lowest BCUT2D eigenvalue weighted by atomic mass is 10.1. The third kappa shape index (κ3) is 4.79. The largest absolute Gasteiger partial charge is 0.465 e. The molecule has 0 saturated carbocycles. The number of carbonyl (C=O) groups is 1. The number of esters is 1. The van der Waals surface area contributed by atoms with Crippen molar-refractivity contribution in [1.82, 2.24) is 4.98 Å². The average molecular weight is 370 g/mol. The van der Waals surface area contributed by atoms with Gasteiger partial charge in [-0.3, -0.25) is 0 Å². The predicted molar refractivity (Wildman–Crippen MR) is 109 cm³/mol. The number of nitrogens with zero attached hydrogens (tertiary/aromatic N) is 1. The highest BCUT2D eigenvalue weighted by atomic mass is 16.5. The highest BCUT2D eigenvalue weighted by Gasteiger charge is 2.20. The fourth-order valence-electron chi connectivity index (χ4n) is 3.31. The number of ether oxygens (including phenoxy) is 2. The molecule has 2 rings (SSSR count). The molecule has 0 spiro atoms. The minimum absolute atomic E-state index is 0.255. The van der Waals surface area contributed by atoms with Crippen LogP contribution in [0.1, 0.15) is 59.4 Å². The van der Waals surface area contributed by atoms with E-state index in [0.717, 1.165) is 29.7 Å². The lowest BCUT2D eigenvalue weighted by Gasteiger charge is -2.20. The number of aryl methyl sites for hydroxylation is 4. The molecule has 1 N–H and O–H groups in total. The number of hydrogen-bond acceptors (Lipinski definition) is 5. The van der Waals surface area contributed by atoms with Crippen LogP contribution in [-0.2, 0) is 4.74 Å². The van der Waals surface area contributed by atoms with E-state index in [-0.39, 0.29) is 6.04 Å². The van der Waals surface area contributed by atoms with Crippen molar-refractivity contribution in [3.8, 4) is 11.6 Å². The topological polar surface area (TPSA) is 60.5 Å². The Hall–Kier alpha value is -2.56. The second kappa shape index (κ2) is 8.89. The van der Waals surface area contributed by atoms with Gasteiger partial charge in [0.15, 0.2) is 0 Å². The van der Waals surface area contributed by atoms with Gasteiger partial charge in [0.25, 0.3) is 0 Å². The molecule has 0 bridgehead atoms. The summed E-state index contributed by atoms with van der Waals surface area (Å²) < 4.78 is 11.1. The predicted octanol–water partition coefficient (Wildman–Crippen LogP) is 5.49. The average Bonchev–Trinajstić information content (AvgIpc) is 2.61. The molecule has 0 unspecified atom stereocenters. The van der Waals surface area contributed by atoms with Gasteiger partial charge in [0, 0.05) is 12.1 Å². The molecule has 5 heteroatoms. The first kappa shape index (κ1) is 20.7. The summed E-state index contributed by atoms with van der Waals surface area (Å²) in [6.45, 7) is 12.1. The highest BCUT2D eigenvalue weighted by Crippen LogP contribution is 2.32. The maximum absolute atomic E-state index is 12.3. The zero-order valence-corrected chi connectivity index (χ0v) is 17.4. The molecule has 1 heterocycles. The van der Waals surface area contributed by atoms with Crippen LogP contribution in [0.2, 0.25) is 0 Å². The van der Waals surface area contributed by atoms with Gasteiger partial charge in [0.05, 0.1) is 18.5 Å². The summed E-state index contributed by atoms with van der Waals surface area (Å²) in [6.07, 6.45) is 1.90. The SMILES string of the molecule is CCC(CC)Nc1cc(Oc2c(C)cc(C)cc2C)nc(C)c1C(=O)OC. The number of pyridine rings is 1. The molecule has 146 valence electrons.